The minimum atomic E-state index is 0.792. The molecule has 1 aromatic heterocycles. The number of hydrogen-bond acceptors (Lipinski definition) is 4. The van der Waals surface area contributed by atoms with Crippen LogP contribution in [-0.4, -0.2) is 13.3 Å². The van der Waals surface area contributed by atoms with E-state index in [0.717, 1.165) is 11.2 Å². The zero-order chi connectivity index (χ0) is 7.82. The van der Waals surface area contributed by atoms with Gasteiger partial charge in [0.1, 0.15) is 0 Å². The van der Waals surface area contributed by atoms with Crippen LogP contribution in [0.2, 0.25) is 0 Å². The minimum Gasteiger partial charge on any atom is -0.297 e. The van der Waals surface area contributed by atoms with Crippen LogP contribution in [0.25, 0.3) is 0 Å². The van der Waals surface area contributed by atoms with Crippen molar-refractivity contribution in [1.82, 2.24) is 5.43 Å². The number of aldehydes is 1. The van der Waals surface area contributed by atoms with Crippen LogP contribution >= 0.6 is 11.3 Å². The second kappa shape index (κ2) is 6.41. The summed E-state index contributed by atoms with van der Waals surface area (Å²) in [5.74, 6) is 4.60. The van der Waals surface area contributed by atoms with Crippen molar-refractivity contribution in [2.24, 2.45) is 5.84 Å². The Balaban J connectivity index is 0.000000236. The van der Waals surface area contributed by atoms with Crippen molar-refractivity contribution in [3.63, 3.8) is 0 Å². The molecule has 0 aromatic carbocycles. The molecule has 56 valence electrons. The predicted molar refractivity (Wildman–Crippen MR) is 43.0 cm³/mol. The molecule has 0 fully saturated rings. The van der Waals surface area contributed by atoms with Crippen LogP contribution in [0, 0.1) is 0 Å². The SMILES string of the molecule is CNN.O=Cc1cccs1. The Labute approximate surface area is 63.8 Å². The first-order chi connectivity index (χ1) is 4.85. The van der Waals surface area contributed by atoms with Crippen molar-refractivity contribution in [2.75, 3.05) is 7.05 Å². The summed E-state index contributed by atoms with van der Waals surface area (Å²) < 4.78 is 0. The van der Waals surface area contributed by atoms with Gasteiger partial charge in [-0.25, -0.2) is 0 Å². The maximum atomic E-state index is 9.88. The molecule has 0 radical (unpaired) electrons. The lowest BCUT2D eigenvalue weighted by Gasteiger charge is -1.66. The lowest BCUT2D eigenvalue weighted by atomic mass is 10.5. The molecule has 0 atom stereocenters. The van der Waals surface area contributed by atoms with Crippen LogP contribution in [-0.2, 0) is 0 Å². The van der Waals surface area contributed by atoms with E-state index in [-0.39, 0.29) is 0 Å². The van der Waals surface area contributed by atoms with Gasteiger partial charge in [-0.05, 0) is 18.5 Å². The van der Waals surface area contributed by atoms with Crippen molar-refractivity contribution in [3.05, 3.63) is 22.4 Å². The summed E-state index contributed by atoms with van der Waals surface area (Å²) in [6.07, 6.45) is 0.852. The topological polar surface area (TPSA) is 55.1 Å². The second-order valence-electron chi connectivity index (χ2n) is 1.42. The number of carbonyl (C=O) groups excluding carboxylic acids is 1. The summed E-state index contributed by atoms with van der Waals surface area (Å²) in [6.45, 7) is 0. The first-order valence-corrected chi connectivity index (χ1v) is 3.59. The molecule has 10 heavy (non-hydrogen) atoms. The molecule has 1 rings (SSSR count). The van der Waals surface area contributed by atoms with E-state index in [4.69, 9.17) is 0 Å². The minimum absolute atomic E-state index is 0.792. The fourth-order valence-corrected chi connectivity index (χ4v) is 0.885. The van der Waals surface area contributed by atoms with Gasteiger partial charge in [0.25, 0.3) is 0 Å². The van der Waals surface area contributed by atoms with E-state index in [1.54, 1.807) is 13.1 Å². The van der Waals surface area contributed by atoms with Gasteiger partial charge in [0.05, 0.1) is 4.88 Å². The van der Waals surface area contributed by atoms with Crippen LogP contribution in [0.5, 0.6) is 0 Å². The van der Waals surface area contributed by atoms with Crippen LogP contribution in [0.1, 0.15) is 9.67 Å². The fraction of sp³-hybridized carbons (Fsp3) is 0.167. The van der Waals surface area contributed by atoms with Crippen molar-refractivity contribution in [1.29, 1.82) is 0 Å². The zero-order valence-electron chi connectivity index (χ0n) is 5.70. The molecule has 3 nitrogen and oxygen atoms in total. The molecular weight excluding hydrogens is 148 g/mol. The molecule has 0 amide bonds. The van der Waals surface area contributed by atoms with Crippen LogP contribution in [0.15, 0.2) is 17.5 Å². The zero-order valence-corrected chi connectivity index (χ0v) is 6.52. The number of thiophene rings is 1. The summed E-state index contributed by atoms with van der Waals surface area (Å²) in [7, 11) is 1.65. The molecule has 0 saturated heterocycles. The maximum absolute atomic E-state index is 9.88. The van der Waals surface area contributed by atoms with Crippen molar-refractivity contribution in [2.45, 2.75) is 0 Å². The average Bonchev–Trinajstić information content (AvgIpc) is 2.39. The first kappa shape index (κ1) is 9.29. The van der Waals surface area contributed by atoms with Gasteiger partial charge in [0.15, 0.2) is 6.29 Å². The molecular formula is C6H10N2OS. The number of rotatable bonds is 1. The third-order valence-corrected chi connectivity index (χ3v) is 1.46. The standard InChI is InChI=1S/C5H4OS.CH6N2/c6-4-5-2-1-3-7-5;1-3-2/h1-4H;3H,2H2,1H3. The van der Waals surface area contributed by atoms with Crippen LogP contribution < -0.4 is 11.3 Å². The van der Waals surface area contributed by atoms with Crippen molar-refractivity contribution in [3.8, 4) is 0 Å². The lowest BCUT2D eigenvalue weighted by Crippen LogP contribution is -2.13. The van der Waals surface area contributed by atoms with E-state index < -0.39 is 0 Å². The van der Waals surface area contributed by atoms with Gasteiger partial charge in [-0.3, -0.25) is 16.1 Å². The highest BCUT2D eigenvalue weighted by Crippen LogP contribution is 2.03. The van der Waals surface area contributed by atoms with E-state index in [1.807, 2.05) is 11.4 Å². The highest BCUT2D eigenvalue weighted by molar-refractivity contribution is 7.11. The molecule has 1 aromatic rings. The molecule has 3 N–H and O–H groups in total. The lowest BCUT2D eigenvalue weighted by molar-refractivity contribution is 0.112. The molecule has 1 heterocycles. The first-order valence-electron chi connectivity index (χ1n) is 2.71. The monoisotopic (exact) mass is 158 g/mol. The van der Waals surface area contributed by atoms with E-state index in [2.05, 4.69) is 11.3 Å². The fourth-order valence-electron chi connectivity index (χ4n) is 0.358. The van der Waals surface area contributed by atoms with Crippen LogP contribution in [0.3, 0.4) is 0 Å². The number of hydrogen-bond donors (Lipinski definition) is 2. The smallest absolute Gasteiger partial charge is 0.159 e. The van der Waals surface area contributed by atoms with Crippen molar-refractivity contribution < 1.29 is 4.79 Å². The second-order valence-corrected chi connectivity index (χ2v) is 2.40. The molecule has 0 aliphatic carbocycles. The summed E-state index contributed by atoms with van der Waals surface area (Å²) in [5, 5.41) is 1.88. The largest absolute Gasteiger partial charge is 0.297 e. The molecule has 0 bridgehead atoms. The number of nitrogens with two attached hydrogens (primary N) is 1. The summed E-state index contributed by atoms with van der Waals surface area (Å²) in [5.41, 5.74) is 2.25. The highest BCUT2D eigenvalue weighted by Gasteiger charge is 1.82. The third kappa shape index (κ3) is 4.20. The Hall–Kier alpha value is -0.710. The Morgan fingerprint density at radius 1 is 1.80 bits per heavy atom. The van der Waals surface area contributed by atoms with E-state index >= 15 is 0 Å². The summed E-state index contributed by atoms with van der Waals surface area (Å²) in [4.78, 5) is 10.7. The molecule has 4 heteroatoms. The molecule has 0 unspecified atom stereocenters. The normalized spacial score (nSPS) is 7.80. The predicted octanol–water partition coefficient (Wildman–Crippen LogP) is 0.640. The van der Waals surface area contributed by atoms with Gasteiger partial charge in [-0.1, -0.05) is 6.07 Å². The van der Waals surface area contributed by atoms with Gasteiger partial charge < -0.3 is 0 Å². The molecule has 0 aliphatic heterocycles. The Bertz CT molecular complexity index is 162. The van der Waals surface area contributed by atoms with Crippen LogP contribution in [0.4, 0.5) is 0 Å². The molecule has 0 saturated carbocycles. The van der Waals surface area contributed by atoms with Gasteiger partial charge in [0, 0.05) is 0 Å². The Morgan fingerprint density at radius 2 is 2.40 bits per heavy atom. The third-order valence-electron chi connectivity index (χ3n) is 0.659. The highest BCUT2D eigenvalue weighted by atomic mass is 32.1. The molecule has 0 aliphatic rings. The number of hydrazine groups is 1. The van der Waals surface area contributed by atoms with E-state index in [1.165, 1.54) is 11.3 Å². The Morgan fingerprint density at radius 3 is 2.60 bits per heavy atom. The van der Waals surface area contributed by atoms with E-state index in [9.17, 15) is 4.79 Å². The summed E-state index contributed by atoms with van der Waals surface area (Å²) in [6, 6.07) is 3.64. The van der Waals surface area contributed by atoms with Gasteiger partial charge in [0.2, 0.25) is 0 Å². The number of nitrogens with one attached hydrogen (secondary N) is 1. The van der Waals surface area contributed by atoms with Gasteiger partial charge in [-0.15, -0.1) is 11.3 Å². The van der Waals surface area contributed by atoms with Gasteiger partial charge in [-0.2, -0.15) is 0 Å². The average molecular weight is 158 g/mol. The van der Waals surface area contributed by atoms with E-state index in [0.29, 0.717) is 0 Å². The summed E-state index contributed by atoms with van der Waals surface area (Å²) >= 11 is 1.45. The quantitative estimate of drug-likeness (QED) is 0.358. The Kier molecular flexibility index (Phi) is 5.96. The molecule has 0 spiro atoms. The van der Waals surface area contributed by atoms with Gasteiger partial charge >= 0.3 is 0 Å². The number of carbonyl (C=O) groups is 1. The van der Waals surface area contributed by atoms with Crippen molar-refractivity contribution >= 4 is 17.6 Å². The maximum Gasteiger partial charge on any atom is 0.159 e.